The minimum absolute atomic E-state index is 0.112. The first kappa shape index (κ1) is 44.0. The average molecular weight is 601 g/mol. The smallest absolute Gasteiger partial charge is 0.466 e. The Morgan fingerprint density at radius 1 is 0.795 bits per heavy atom. The van der Waals surface area contributed by atoms with Gasteiger partial charge in [0.1, 0.15) is 36.5 Å². The van der Waals surface area contributed by atoms with E-state index >= 15 is 0 Å². The molecule has 39 heavy (non-hydrogen) atoms. The summed E-state index contributed by atoms with van der Waals surface area (Å²) in [6.07, 6.45) is -3.25. The van der Waals surface area contributed by atoms with Crippen LogP contribution < -0.4 is 28.3 Å². The van der Waals surface area contributed by atoms with Gasteiger partial charge >= 0.3 is 19.8 Å². The molecule has 0 saturated carbocycles. The van der Waals surface area contributed by atoms with Gasteiger partial charge in [-0.25, -0.2) is 4.57 Å². The van der Waals surface area contributed by atoms with E-state index in [-0.39, 0.29) is 5.96 Å². The number of phosphoric acid groups is 1. The molecule has 21 heteroatoms. The van der Waals surface area contributed by atoms with Gasteiger partial charge in [-0.15, -0.1) is 0 Å². The molecule has 20 nitrogen and oxygen atoms in total. The number of hydrogen-bond donors (Lipinski definition) is 17. The molecule has 0 bridgehead atoms. The molecule has 0 spiro atoms. The van der Waals surface area contributed by atoms with Crippen LogP contribution in [-0.4, -0.2) is 136 Å². The first-order chi connectivity index (χ1) is 17.8. The second-order valence-corrected chi connectivity index (χ2v) is 8.68. The van der Waals surface area contributed by atoms with Gasteiger partial charge in [0, 0.05) is 6.54 Å². The second-order valence-electron chi connectivity index (χ2n) is 7.65. The van der Waals surface area contributed by atoms with Crippen molar-refractivity contribution in [3.8, 4) is 0 Å². The number of carboxylic acids is 2. The van der Waals surface area contributed by atoms with E-state index in [9.17, 15) is 9.59 Å². The third-order valence-electron chi connectivity index (χ3n) is 4.12. The maximum Gasteiger partial charge on any atom is 0.466 e. The fourth-order valence-electron chi connectivity index (χ4n) is 1.97. The number of unbranched alkanes of at least 4 members (excludes halogenated alkanes) is 1. The zero-order valence-electron chi connectivity index (χ0n) is 21.2. The van der Waals surface area contributed by atoms with Crippen molar-refractivity contribution >= 4 is 25.7 Å². The highest BCUT2D eigenvalue weighted by Crippen LogP contribution is 2.25. The lowest BCUT2D eigenvalue weighted by Crippen LogP contribution is -2.46. The largest absolute Gasteiger partial charge is 0.480 e. The number of carbonyl (C=O) groups is 2. The maximum atomic E-state index is 10.2. The van der Waals surface area contributed by atoms with E-state index in [0.717, 1.165) is 12.8 Å². The van der Waals surface area contributed by atoms with Gasteiger partial charge in [0.2, 0.25) is 0 Å². The topological polar surface area (TPSA) is 414 Å². The summed E-state index contributed by atoms with van der Waals surface area (Å²) in [5.41, 5.74) is 20.6. The van der Waals surface area contributed by atoms with Crippen LogP contribution in [0.3, 0.4) is 0 Å². The fourth-order valence-corrected chi connectivity index (χ4v) is 1.97. The summed E-state index contributed by atoms with van der Waals surface area (Å²) < 4.78 is 8.88. The van der Waals surface area contributed by atoms with Crippen LogP contribution in [0.1, 0.15) is 32.1 Å². The molecule has 0 aromatic rings. The van der Waals surface area contributed by atoms with Crippen molar-refractivity contribution < 1.29 is 69.7 Å². The van der Waals surface area contributed by atoms with Gasteiger partial charge in [-0.1, -0.05) is 6.42 Å². The van der Waals surface area contributed by atoms with Crippen LogP contribution >= 0.6 is 7.82 Å². The quantitative estimate of drug-likeness (QED) is 0.0359. The molecule has 0 aromatic heterocycles. The molecule has 0 amide bonds. The Bertz CT molecular complexity index is 666. The monoisotopic (exact) mass is 600 g/mol. The van der Waals surface area contributed by atoms with Crippen molar-refractivity contribution in [1.29, 1.82) is 5.41 Å². The average Bonchev–Trinajstić information content (AvgIpc) is 2.84. The molecule has 0 aliphatic rings. The molecule has 236 valence electrons. The number of carboxylic acid groups (broad SMARTS) is 2. The van der Waals surface area contributed by atoms with E-state index < -0.39 is 69.5 Å². The molecule has 0 rings (SSSR count). The highest BCUT2D eigenvalue weighted by molar-refractivity contribution is 7.45. The van der Waals surface area contributed by atoms with Gasteiger partial charge in [0.05, 0.1) is 13.2 Å². The van der Waals surface area contributed by atoms with Gasteiger partial charge in [0.15, 0.2) is 5.96 Å². The standard InChI is InChI=1S/C6H14N4O2.C6H14N2O2.C6H14O6.H3O4P/c7-4(5(11)12)2-1-3-10-6(8)9;7-4-2-1-3-5(8)6(9)10;7-1-3(9)5(11)6(12)4(10)2-8;1-5(2,3)4/h4H,1-3,7H2,(H,11,12)(H4,8,9,10);5H,1-4,7-8H2,(H,9,10);3-12H,1-2H2;(H3,1,2,3,4). The van der Waals surface area contributed by atoms with Crippen molar-refractivity contribution in [2.45, 2.75) is 68.6 Å². The SMILES string of the molecule is N=C(N)NCCCC(N)C(=O)O.NCCCCC(N)C(=O)O.O=P(O)(O)O.OCC(O)C(O)C(O)C(O)CO. The van der Waals surface area contributed by atoms with Crippen LogP contribution in [0.25, 0.3) is 0 Å². The summed E-state index contributed by atoms with van der Waals surface area (Å²) in [5.74, 6) is -2.05. The van der Waals surface area contributed by atoms with Crippen molar-refractivity contribution in [2.24, 2.45) is 22.9 Å². The van der Waals surface area contributed by atoms with Gasteiger partial charge in [-0.05, 0) is 32.2 Å². The molecule has 21 N–H and O–H groups in total. The summed E-state index contributed by atoms with van der Waals surface area (Å²) >= 11 is 0. The molecule has 0 aliphatic carbocycles. The maximum absolute atomic E-state index is 10.2. The van der Waals surface area contributed by atoms with Crippen LogP contribution in [-0.2, 0) is 14.2 Å². The molecule has 0 radical (unpaired) electrons. The highest BCUT2D eigenvalue weighted by Gasteiger charge is 2.29. The Labute approximate surface area is 224 Å². The predicted molar refractivity (Wildman–Crippen MR) is 136 cm³/mol. The fraction of sp³-hybridized carbons (Fsp3) is 0.833. The first-order valence-corrected chi connectivity index (χ1v) is 12.8. The third-order valence-corrected chi connectivity index (χ3v) is 4.12. The van der Waals surface area contributed by atoms with E-state index in [0.29, 0.717) is 32.4 Å². The van der Waals surface area contributed by atoms with E-state index in [1.807, 2.05) is 0 Å². The number of rotatable bonds is 15. The highest BCUT2D eigenvalue weighted by atomic mass is 31.2. The van der Waals surface area contributed by atoms with Crippen molar-refractivity contribution in [2.75, 3.05) is 26.3 Å². The number of aliphatic carboxylic acids is 2. The molecule has 0 aromatic carbocycles. The minimum atomic E-state index is -4.64. The Kier molecular flexibility index (Phi) is 29.6. The number of guanidine groups is 1. The van der Waals surface area contributed by atoms with E-state index in [2.05, 4.69) is 5.32 Å². The normalized spacial score (nSPS) is 15.2. The molecular weight excluding hydrogens is 555 g/mol. The lowest BCUT2D eigenvalue weighted by molar-refractivity contribution is -0.139. The van der Waals surface area contributed by atoms with Crippen LogP contribution in [0.5, 0.6) is 0 Å². The van der Waals surface area contributed by atoms with Crippen LogP contribution in [0.15, 0.2) is 0 Å². The van der Waals surface area contributed by atoms with Crippen LogP contribution in [0.2, 0.25) is 0 Å². The Balaban J connectivity index is -0.000000217. The molecule has 6 unspecified atom stereocenters. The summed E-state index contributed by atoms with van der Waals surface area (Å²) in [5, 5.41) is 78.2. The molecular formula is C18H45N6O14P. The lowest BCUT2D eigenvalue weighted by atomic mass is 10.0. The van der Waals surface area contributed by atoms with E-state index in [1.165, 1.54) is 0 Å². The van der Waals surface area contributed by atoms with Crippen LogP contribution in [0.4, 0.5) is 0 Å². The molecule has 0 heterocycles. The minimum Gasteiger partial charge on any atom is -0.480 e. The third kappa shape index (κ3) is 36.0. The van der Waals surface area contributed by atoms with Crippen molar-refractivity contribution in [3.05, 3.63) is 0 Å². The Morgan fingerprint density at radius 3 is 1.38 bits per heavy atom. The predicted octanol–water partition coefficient (Wildman–Crippen LogP) is -6.33. The second kappa shape index (κ2) is 26.2. The number of aliphatic hydroxyl groups excluding tert-OH is 6. The summed E-state index contributed by atoms with van der Waals surface area (Å²) in [6.45, 7) is -0.366. The number of hydrogen-bond acceptors (Lipinski definition) is 13. The van der Waals surface area contributed by atoms with Gasteiger partial charge < -0.3 is 83.8 Å². The molecule has 0 aliphatic heterocycles. The molecule has 0 saturated heterocycles. The summed E-state index contributed by atoms with van der Waals surface area (Å²) in [4.78, 5) is 41.9. The first-order valence-electron chi connectivity index (χ1n) is 11.2. The molecule has 0 fully saturated rings. The van der Waals surface area contributed by atoms with Gasteiger partial charge in [-0.3, -0.25) is 15.0 Å². The van der Waals surface area contributed by atoms with Crippen molar-refractivity contribution in [3.63, 3.8) is 0 Å². The Hall–Kier alpha value is -2.04. The Morgan fingerprint density at radius 2 is 1.13 bits per heavy atom. The summed E-state index contributed by atoms with van der Waals surface area (Å²) in [6, 6.07) is -1.54. The molecule has 6 atom stereocenters. The number of aliphatic hydroxyl groups is 6. The number of nitrogens with two attached hydrogens (primary N) is 4. The van der Waals surface area contributed by atoms with Gasteiger partial charge in [-0.2, -0.15) is 0 Å². The number of nitrogens with one attached hydrogen (secondary N) is 2. The van der Waals surface area contributed by atoms with E-state index in [1.54, 1.807) is 0 Å². The summed E-state index contributed by atoms with van der Waals surface area (Å²) in [7, 11) is -4.64. The lowest BCUT2D eigenvalue weighted by Gasteiger charge is -2.24. The van der Waals surface area contributed by atoms with Crippen LogP contribution in [0, 0.1) is 5.41 Å². The zero-order chi connectivity index (χ0) is 31.8. The van der Waals surface area contributed by atoms with E-state index in [4.69, 9.17) is 88.4 Å². The zero-order valence-corrected chi connectivity index (χ0v) is 22.1. The van der Waals surface area contributed by atoms with Crippen molar-refractivity contribution in [1.82, 2.24) is 5.32 Å². The van der Waals surface area contributed by atoms with Gasteiger partial charge in [0.25, 0.3) is 0 Å².